The van der Waals surface area contributed by atoms with Crippen LogP contribution in [0, 0.1) is 0 Å². The van der Waals surface area contributed by atoms with Crippen LogP contribution in [0.3, 0.4) is 0 Å². The van der Waals surface area contributed by atoms with Gasteiger partial charge in [0.15, 0.2) is 6.10 Å². The van der Waals surface area contributed by atoms with E-state index in [0.717, 1.165) is 83.5 Å². The first kappa shape index (κ1) is 52.7. The van der Waals surface area contributed by atoms with E-state index < -0.39 is 32.5 Å². The molecule has 2 atom stereocenters. The Balaban J connectivity index is 4.45. The maximum Gasteiger partial charge on any atom is 0.472 e. The number of esters is 2. The highest BCUT2D eigenvalue weighted by atomic mass is 31.2. The number of quaternary nitrogens is 1. The maximum absolute atomic E-state index is 12.7. The van der Waals surface area contributed by atoms with E-state index in [0.29, 0.717) is 23.9 Å². The molecular weight excluding hydrogens is 713 g/mol. The number of ether oxygens (including phenoxy) is 2. The van der Waals surface area contributed by atoms with Crippen molar-refractivity contribution in [2.45, 2.75) is 168 Å². The third kappa shape index (κ3) is 41.2. The number of carbonyl (C=O) groups is 2. The van der Waals surface area contributed by atoms with Crippen LogP contribution in [-0.4, -0.2) is 74.9 Å². The normalized spacial score (nSPS) is 14.2. The van der Waals surface area contributed by atoms with Crippen LogP contribution < -0.4 is 0 Å². The van der Waals surface area contributed by atoms with E-state index in [2.05, 4.69) is 74.6 Å². The average Bonchev–Trinajstić information content (AvgIpc) is 3.13. The van der Waals surface area contributed by atoms with Crippen molar-refractivity contribution in [3.8, 4) is 0 Å². The molecule has 0 saturated carbocycles. The summed E-state index contributed by atoms with van der Waals surface area (Å²) in [6.07, 6.45) is 44.0. The molecule has 0 saturated heterocycles. The fourth-order valence-electron chi connectivity index (χ4n) is 5.33. The largest absolute Gasteiger partial charge is 0.472 e. The number of carbonyl (C=O) groups excluding carboxylic acids is 2. The fraction of sp³-hybridized carbons (Fsp3) is 0.733. The van der Waals surface area contributed by atoms with Crippen molar-refractivity contribution in [1.82, 2.24) is 0 Å². The summed E-state index contributed by atoms with van der Waals surface area (Å²) in [5.74, 6) is -0.845. The number of allylic oxidation sites excluding steroid dienone is 10. The van der Waals surface area contributed by atoms with Gasteiger partial charge in [0, 0.05) is 12.8 Å². The first-order valence-electron chi connectivity index (χ1n) is 21.5. The summed E-state index contributed by atoms with van der Waals surface area (Å²) in [5.41, 5.74) is 0. The van der Waals surface area contributed by atoms with Crippen LogP contribution in [0.15, 0.2) is 60.8 Å². The van der Waals surface area contributed by atoms with E-state index >= 15 is 0 Å². The quantitative estimate of drug-likeness (QED) is 0.0216. The van der Waals surface area contributed by atoms with Gasteiger partial charge in [-0.1, -0.05) is 132 Å². The molecule has 0 aromatic heterocycles. The second-order valence-corrected chi connectivity index (χ2v) is 16.8. The molecule has 0 aliphatic carbocycles. The number of nitrogens with zero attached hydrogens (tertiary/aromatic N) is 1. The summed E-state index contributed by atoms with van der Waals surface area (Å²) >= 11 is 0. The first-order chi connectivity index (χ1) is 26.5. The van der Waals surface area contributed by atoms with Crippen LogP contribution in [0.4, 0.5) is 0 Å². The third-order valence-corrected chi connectivity index (χ3v) is 9.75. The highest BCUT2D eigenvalue weighted by molar-refractivity contribution is 7.47. The molecule has 0 heterocycles. The molecule has 0 aromatic rings. The van der Waals surface area contributed by atoms with Gasteiger partial charge in [0.2, 0.25) is 0 Å². The van der Waals surface area contributed by atoms with Crippen molar-refractivity contribution < 1.29 is 42.1 Å². The Kier molecular flexibility index (Phi) is 35.7. The van der Waals surface area contributed by atoms with Crippen molar-refractivity contribution in [3.63, 3.8) is 0 Å². The van der Waals surface area contributed by atoms with Crippen LogP contribution >= 0.6 is 7.82 Å². The molecule has 0 bridgehead atoms. The molecule has 0 spiro atoms. The molecule has 0 aliphatic heterocycles. The summed E-state index contributed by atoms with van der Waals surface area (Å²) in [6, 6.07) is 0. The molecule has 318 valence electrons. The summed E-state index contributed by atoms with van der Waals surface area (Å²) in [5, 5.41) is 0. The predicted octanol–water partition coefficient (Wildman–Crippen LogP) is 12.1. The molecule has 0 radical (unpaired) electrons. The van der Waals surface area contributed by atoms with E-state index in [1.54, 1.807) is 0 Å². The van der Waals surface area contributed by atoms with Crippen LogP contribution in [-0.2, 0) is 32.7 Å². The first-order valence-corrected chi connectivity index (χ1v) is 23.0. The van der Waals surface area contributed by atoms with Gasteiger partial charge in [-0.3, -0.25) is 18.6 Å². The zero-order valence-electron chi connectivity index (χ0n) is 35.6. The Bertz CT molecular complexity index is 1120. The Morgan fingerprint density at radius 2 is 1.00 bits per heavy atom. The molecule has 1 unspecified atom stereocenters. The average molecular weight is 795 g/mol. The zero-order valence-corrected chi connectivity index (χ0v) is 36.5. The van der Waals surface area contributed by atoms with E-state index in [-0.39, 0.29) is 26.1 Å². The molecule has 10 heteroatoms. The maximum atomic E-state index is 12.7. The minimum Gasteiger partial charge on any atom is -0.462 e. The minimum absolute atomic E-state index is 0.0223. The molecule has 0 aliphatic rings. The lowest BCUT2D eigenvalue weighted by Gasteiger charge is -2.24. The number of phosphoric acid groups is 1. The third-order valence-electron chi connectivity index (χ3n) is 8.77. The highest BCUT2D eigenvalue weighted by Gasteiger charge is 2.27. The highest BCUT2D eigenvalue weighted by Crippen LogP contribution is 2.43. The van der Waals surface area contributed by atoms with Gasteiger partial charge in [0.1, 0.15) is 19.8 Å². The second-order valence-electron chi connectivity index (χ2n) is 15.4. The summed E-state index contributed by atoms with van der Waals surface area (Å²) in [4.78, 5) is 35.3. The van der Waals surface area contributed by atoms with Gasteiger partial charge in [0.05, 0.1) is 27.7 Å². The van der Waals surface area contributed by atoms with Crippen LogP contribution in [0.1, 0.15) is 162 Å². The van der Waals surface area contributed by atoms with Crippen molar-refractivity contribution in [3.05, 3.63) is 60.8 Å². The molecule has 0 fully saturated rings. The van der Waals surface area contributed by atoms with Crippen molar-refractivity contribution in [2.75, 3.05) is 47.5 Å². The molecule has 9 nitrogen and oxygen atoms in total. The lowest BCUT2D eigenvalue weighted by atomic mass is 10.1. The molecule has 0 amide bonds. The van der Waals surface area contributed by atoms with Crippen LogP contribution in [0.2, 0.25) is 0 Å². The lowest BCUT2D eigenvalue weighted by molar-refractivity contribution is -0.870. The topological polar surface area (TPSA) is 108 Å². The Hall–Kier alpha value is -2.29. The standard InChI is InChI=1S/C45H80NO8P/c1-6-8-10-12-14-16-18-20-22-23-24-26-27-29-31-33-35-37-44(47)51-41-43(42-53-55(49,50)52-40-39-46(3,4)5)54-45(48)38-36-34-32-30-28-25-21-19-17-15-13-11-9-7-2/h13-16,19-22,24,26,43H,6-12,17-18,23,25,27-42H2,1-5H3/p+1/b15-13+,16-14+,21-19+,22-20+,26-24+/t43-/m1/s1. The van der Waals surface area contributed by atoms with E-state index in [9.17, 15) is 19.0 Å². The van der Waals surface area contributed by atoms with Gasteiger partial charge in [-0.2, -0.15) is 0 Å². The molecule has 0 aromatic carbocycles. The summed E-state index contributed by atoms with van der Waals surface area (Å²) in [7, 11) is 1.44. The monoisotopic (exact) mass is 795 g/mol. The molecule has 0 rings (SSSR count). The number of hydrogen-bond acceptors (Lipinski definition) is 7. The minimum atomic E-state index is -4.38. The van der Waals surface area contributed by atoms with Crippen molar-refractivity contribution in [1.29, 1.82) is 0 Å². The van der Waals surface area contributed by atoms with Gasteiger partial charge >= 0.3 is 19.8 Å². The van der Waals surface area contributed by atoms with Gasteiger partial charge in [0.25, 0.3) is 0 Å². The SMILES string of the molecule is CCCC/C=C/C/C=C/CCCCCCCC(=O)O[C@H](COC(=O)CCCCCC/C=C/C/C=C/C/C=C/CCCCC)COP(=O)(O)OCC[N+](C)(C)C. The molecule has 1 N–H and O–H groups in total. The number of unbranched alkanes of at least 4 members (excludes halogenated alkanes) is 14. The van der Waals surface area contributed by atoms with Crippen molar-refractivity contribution in [2.24, 2.45) is 0 Å². The Labute approximate surface area is 336 Å². The van der Waals surface area contributed by atoms with Gasteiger partial charge in [-0.15, -0.1) is 0 Å². The zero-order chi connectivity index (χ0) is 40.7. The molecule has 55 heavy (non-hydrogen) atoms. The van der Waals surface area contributed by atoms with E-state index in [4.69, 9.17) is 18.5 Å². The van der Waals surface area contributed by atoms with Gasteiger partial charge in [-0.05, 0) is 77.0 Å². The van der Waals surface area contributed by atoms with Gasteiger partial charge < -0.3 is 18.9 Å². The van der Waals surface area contributed by atoms with E-state index in [1.807, 2.05) is 21.1 Å². The smallest absolute Gasteiger partial charge is 0.462 e. The number of hydrogen-bond donors (Lipinski definition) is 1. The second kappa shape index (κ2) is 37.3. The predicted molar refractivity (Wildman–Crippen MR) is 229 cm³/mol. The molecular formula is C45H81NO8P+. The lowest BCUT2D eigenvalue weighted by Crippen LogP contribution is -2.37. The van der Waals surface area contributed by atoms with Crippen molar-refractivity contribution >= 4 is 19.8 Å². The fourth-order valence-corrected chi connectivity index (χ4v) is 6.07. The van der Waals surface area contributed by atoms with Gasteiger partial charge in [-0.25, -0.2) is 4.57 Å². The summed E-state index contributed by atoms with van der Waals surface area (Å²) < 4.78 is 34.2. The van der Waals surface area contributed by atoms with E-state index in [1.165, 1.54) is 38.5 Å². The number of rotatable bonds is 38. The van der Waals surface area contributed by atoms with Crippen LogP contribution in [0.5, 0.6) is 0 Å². The summed E-state index contributed by atoms with van der Waals surface area (Å²) in [6.45, 7) is 4.29. The number of phosphoric ester groups is 1. The number of likely N-dealkylation sites (N-methyl/N-ethyl adjacent to an activating group) is 1. The Morgan fingerprint density at radius 1 is 0.564 bits per heavy atom. The van der Waals surface area contributed by atoms with Crippen LogP contribution in [0.25, 0.3) is 0 Å². The Morgan fingerprint density at radius 3 is 1.51 bits per heavy atom.